The number of ether oxygens (including phenoxy) is 1. The van der Waals surface area contributed by atoms with E-state index in [1.165, 1.54) is 12.1 Å². The van der Waals surface area contributed by atoms with Crippen LogP contribution in [0.15, 0.2) is 71.7 Å². The molecule has 3 aromatic carbocycles. The van der Waals surface area contributed by atoms with Gasteiger partial charge in [0.25, 0.3) is 5.91 Å². The van der Waals surface area contributed by atoms with E-state index in [0.29, 0.717) is 10.8 Å². The minimum atomic E-state index is -0.509. The maximum atomic E-state index is 13.5. The predicted molar refractivity (Wildman–Crippen MR) is 118 cm³/mol. The summed E-state index contributed by atoms with van der Waals surface area (Å²) in [5, 5.41) is 2.80. The van der Waals surface area contributed by atoms with Crippen LogP contribution in [0.2, 0.25) is 5.02 Å². The summed E-state index contributed by atoms with van der Waals surface area (Å²) >= 11 is 8.45. The molecule has 0 bridgehead atoms. The fourth-order valence-corrected chi connectivity index (χ4v) is 3.08. The molecule has 0 spiro atoms. The van der Waals surface area contributed by atoms with Crippen molar-refractivity contribution in [3.05, 3.63) is 86.7 Å². The van der Waals surface area contributed by atoms with E-state index in [1.54, 1.807) is 36.5 Å². The molecular weight excluding hydrogens is 494 g/mol. The third-order valence-electron chi connectivity index (χ3n) is 3.63. The Morgan fingerprint density at radius 1 is 1.14 bits per heavy atom. The van der Waals surface area contributed by atoms with Crippen LogP contribution in [0.4, 0.5) is 15.8 Å². The van der Waals surface area contributed by atoms with E-state index in [0.717, 1.165) is 14.8 Å². The summed E-state index contributed by atoms with van der Waals surface area (Å²) in [6.45, 7) is -0.288. The Balaban J connectivity index is 1.59. The molecule has 4 nitrogen and oxygen atoms in total. The second kappa shape index (κ2) is 9.66. The first-order chi connectivity index (χ1) is 13.5. The van der Waals surface area contributed by atoms with Crippen LogP contribution in [-0.4, -0.2) is 18.7 Å². The first kappa shape index (κ1) is 20.3. The molecule has 0 unspecified atom stereocenters. The largest absolute Gasteiger partial charge is 0.482 e. The topological polar surface area (TPSA) is 50.7 Å². The van der Waals surface area contributed by atoms with E-state index in [4.69, 9.17) is 16.3 Å². The van der Waals surface area contributed by atoms with Crippen LogP contribution in [0.25, 0.3) is 0 Å². The van der Waals surface area contributed by atoms with Crippen molar-refractivity contribution in [3.63, 3.8) is 0 Å². The van der Waals surface area contributed by atoms with Gasteiger partial charge in [-0.3, -0.25) is 9.79 Å². The van der Waals surface area contributed by atoms with Gasteiger partial charge in [-0.1, -0.05) is 29.8 Å². The molecule has 28 heavy (non-hydrogen) atoms. The van der Waals surface area contributed by atoms with E-state index in [-0.39, 0.29) is 12.3 Å². The van der Waals surface area contributed by atoms with Gasteiger partial charge in [-0.15, -0.1) is 0 Å². The second-order valence-electron chi connectivity index (χ2n) is 5.74. The molecule has 0 aliphatic heterocycles. The summed E-state index contributed by atoms with van der Waals surface area (Å²) in [6, 6.07) is 18.9. The van der Waals surface area contributed by atoms with Crippen LogP contribution in [0.3, 0.4) is 0 Å². The zero-order valence-corrected chi connectivity index (χ0v) is 17.4. The fraction of sp³-hybridized carbons (Fsp3) is 0.0476. The van der Waals surface area contributed by atoms with Gasteiger partial charge in [0.2, 0.25) is 0 Å². The smallest absolute Gasteiger partial charge is 0.262 e. The molecule has 0 heterocycles. The van der Waals surface area contributed by atoms with Crippen molar-refractivity contribution in [3.8, 4) is 5.75 Å². The molecule has 7 heteroatoms. The zero-order valence-electron chi connectivity index (χ0n) is 14.5. The second-order valence-corrected chi connectivity index (χ2v) is 7.40. The van der Waals surface area contributed by atoms with E-state index < -0.39 is 11.7 Å². The van der Waals surface area contributed by atoms with Crippen LogP contribution >= 0.6 is 34.2 Å². The Kier molecular flexibility index (Phi) is 7.00. The summed E-state index contributed by atoms with van der Waals surface area (Å²) in [4.78, 5) is 16.3. The number of anilines is 1. The highest BCUT2D eigenvalue weighted by Gasteiger charge is 2.09. The number of hydrogen-bond donors (Lipinski definition) is 1. The van der Waals surface area contributed by atoms with Gasteiger partial charge < -0.3 is 10.1 Å². The SMILES string of the molecule is O=C(COc1ccc(C=Nc2cccc(I)c2)cc1Cl)Nc1ccccc1F. The molecule has 0 saturated carbocycles. The molecule has 0 aliphatic rings. The monoisotopic (exact) mass is 508 g/mol. The molecule has 142 valence electrons. The molecule has 0 aliphatic carbocycles. The number of hydrogen-bond acceptors (Lipinski definition) is 3. The van der Waals surface area contributed by atoms with E-state index in [2.05, 4.69) is 32.9 Å². The average Bonchev–Trinajstić information content (AvgIpc) is 2.67. The van der Waals surface area contributed by atoms with Crippen LogP contribution in [0.1, 0.15) is 5.56 Å². The van der Waals surface area contributed by atoms with E-state index in [1.807, 2.05) is 24.3 Å². The maximum absolute atomic E-state index is 13.5. The number of amides is 1. The molecule has 1 amide bonds. The van der Waals surface area contributed by atoms with Gasteiger partial charge in [0.1, 0.15) is 11.6 Å². The minimum absolute atomic E-state index is 0.101. The van der Waals surface area contributed by atoms with Crippen molar-refractivity contribution in [1.82, 2.24) is 0 Å². The molecule has 0 atom stereocenters. The first-order valence-corrected chi connectivity index (χ1v) is 9.73. The van der Waals surface area contributed by atoms with Crippen LogP contribution in [-0.2, 0) is 4.79 Å². The molecule has 0 radical (unpaired) electrons. The summed E-state index contributed by atoms with van der Waals surface area (Å²) in [6.07, 6.45) is 1.70. The maximum Gasteiger partial charge on any atom is 0.262 e. The first-order valence-electron chi connectivity index (χ1n) is 8.27. The van der Waals surface area contributed by atoms with Crippen molar-refractivity contribution in [2.24, 2.45) is 4.99 Å². The van der Waals surface area contributed by atoms with Gasteiger partial charge in [0.15, 0.2) is 6.61 Å². The lowest BCUT2D eigenvalue weighted by molar-refractivity contribution is -0.118. The number of halogens is 3. The predicted octanol–water partition coefficient (Wildman–Crippen LogP) is 5.85. The van der Waals surface area contributed by atoms with E-state index >= 15 is 0 Å². The Labute approximate surface area is 180 Å². The third kappa shape index (κ3) is 5.77. The highest BCUT2D eigenvalue weighted by Crippen LogP contribution is 2.25. The van der Waals surface area contributed by atoms with Gasteiger partial charge in [-0.25, -0.2) is 4.39 Å². The molecule has 3 rings (SSSR count). The Hall–Kier alpha value is -2.45. The quantitative estimate of drug-likeness (QED) is 0.335. The standard InChI is InChI=1S/C21H15ClFIN2O2/c22-17-10-14(12-25-16-5-3-4-15(24)11-16)8-9-20(17)28-13-21(27)26-19-7-2-1-6-18(19)23/h1-12H,13H2,(H,26,27). The lowest BCUT2D eigenvalue weighted by atomic mass is 10.2. The van der Waals surface area contributed by atoms with Gasteiger partial charge in [0.05, 0.1) is 16.4 Å². The lowest BCUT2D eigenvalue weighted by Gasteiger charge is -2.09. The zero-order chi connectivity index (χ0) is 19.9. The summed E-state index contributed by atoms with van der Waals surface area (Å²) in [5.74, 6) is -0.632. The summed E-state index contributed by atoms with van der Waals surface area (Å²) in [5.41, 5.74) is 1.74. The van der Waals surface area contributed by atoms with Crippen LogP contribution < -0.4 is 10.1 Å². The third-order valence-corrected chi connectivity index (χ3v) is 4.60. The number of carbonyl (C=O) groups is 1. The Morgan fingerprint density at radius 2 is 1.96 bits per heavy atom. The van der Waals surface area contributed by atoms with Crippen molar-refractivity contribution in [1.29, 1.82) is 0 Å². The Morgan fingerprint density at radius 3 is 2.71 bits per heavy atom. The Bertz CT molecular complexity index is 1030. The number of benzene rings is 3. The minimum Gasteiger partial charge on any atom is -0.482 e. The van der Waals surface area contributed by atoms with Crippen molar-refractivity contribution in [2.45, 2.75) is 0 Å². The van der Waals surface area contributed by atoms with Gasteiger partial charge in [0, 0.05) is 9.78 Å². The molecule has 3 aromatic rings. The van der Waals surface area contributed by atoms with Gasteiger partial charge in [-0.05, 0) is 76.7 Å². The van der Waals surface area contributed by atoms with Gasteiger partial charge in [-0.2, -0.15) is 0 Å². The van der Waals surface area contributed by atoms with Crippen molar-refractivity contribution in [2.75, 3.05) is 11.9 Å². The number of carbonyl (C=O) groups excluding carboxylic acids is 1. The number of para-hydroxylation sites is 1. The molecule has 1 N–H and O–H groups in total. The number of aliphatic imine (C=N–C) groups is 1. The molecule has 0 fully saturated rings. The summed E-state index contributed by atoms with van der Waals surface area (Å²) < 4.78 is 20.1. The summed E-state index contributed by atoms with van der Waals surface area (Å²) in [7, 11) is 0. The van der Waals surface area contributed by atoms with Crippen molar-refractivity contribution < 1.29 is 13.9 Å². The van der Waals surface area contributed by atoms with Gasteiger partial charge >= 0.3 is 0 Å². The number of nitrogens with one attached hydrogen (secondary N) is 1. The van der Waals surface area contributed by atoms with Crippen molar-refractivity contribution >= 4 is 57.7 Å². The highest BCUT2D eigenvalue weighted by atomic mass is 127. The molecular formula is C21H15ClFIN2O2. The number of rotatable bonds is 6. The normalized spacial score (nSPS) is 10.8. The fourth-order valence-electron chi connectivity index (χ4n) is 2.31. The average molecular weight is 509 g/mol. The number of nitrogens with zero attached hydrogens (tertiary/aromatic N) is 1. The highest BCUT2D eigenvalue weighted by molar-refractivity contribution is 14.1. The lowest BCUT2D eigenvalue weighted by Crippen LogP contribution is -2.20. The molecule has 0 aromatic heterocycles. The van der Waals surface area contributed by atoms with E-state index in [9.17, 15) is 9.18 Å². The van der Waals surface area contributed by atoms with Crippen LogP contribution in [0.5, 0.6) is 5.75 Å². The van der Waals surface area contributed by atoms with Crippen LogP contribution in [0, 0.1) is 9.39 Å². The molecule has 0 saturated heterocycles.